The van der Waals surface area contributed by atoms with Crippen LogP contribution in [0.1, 0.15) is 12.0 Å². The Bertz CT molecular complexity index is 743. The monoisotopic (exact) mass is 351 g/mol. The van der Waals surface area contributed by atoms with Gasteiger partial charge in [0, 0.05) is 18.0 Å². The number of hydrogen-bond acceptors (Lipinski definition) is 3. The lowest BCUT2D eigenvalue weighted by Crippen LogP contribution is -2.27. The van der Waals surface area contributed by atoms with Gasteiger partial charge < -0.3 is 5.32 Å². The van der Waals surface area contributed by atoms with Crippen LogP contribution in [-0.2, 0) is 21.1 Å². The van der Waals surface area contributed by atoms with Gasteiger partial charge in [-0.2, -0.15) is 0 Å². The van der Waals surface area contributed by atoms with Crippen LogP contribution in [0.5, 0.6) is 0 Å². The van der Waals surface area contributed by atoms with E-state index in [9.17, 15) is 13.2 Å². The molecule has 0 saturated heterocycles. The Morgan fingerprint density at radius 3 is 2.30 bits per heavy atom. The topological polar surface area (TPSA) is 63.2 Å². The summed E-state index contributed by atoms with van der Waals surface area (Å²) < 4.78 is 24.2. The van der Waals surface area contributed by atoms with E-state index in [1.54, 1.807) is 0 Å². The first kappa shape index (κ1) is 17.5. The molecule has 0 atom stereocenters. The molecule has 0 aliphatic heterocycles. The van der Waals surface area contributed by atoms with Crippen LogP contribution in [0.15, 0.2) is 59.5 Å². The number of carbonyl (C=O) groups excluding carboxylic acids is 1. The maximum absolute atomic E-state index is 12.1. The first-order valence-electron chi connectivity index (χ1n) is 7.26. The Hall–Kier alpha value is -1.85. The molecule has 0 radical (unpaired) electrons. The van der Waals surface area contributed by atoms with Crippen molar-refractivity contribution < 1.29 is 13.2 Å². The van der Waals surface area contributed by atoms with Crippen LogP contribution < -0.4 is 5.32 Å². The lowest BCUT2D eigenvalue weighted by molar-refractivity contribution is -0.120. The molecule has 0 aliphatic rings. The van der Waals surface area contributed by atoms with Crippen molar-refractivity contribution in [2.24, 2.45) is 0 Å². The molecule has 0 fully saturated rings. The first-order chi connectivity index (χ1) is 11.0. The Labute approximate surface area is 141 Å². The average Bonchev–Trinajstić information content (AvgIpc) is 2.54. The quantitative estimate of drug-likeness (QED) is 0.834. The lowest BCUT2D eigenvalue weighted by atomic mass is 10.1. The molecule has 4 nitrogen and oxygen atoms in total. The first-order valence-corrected chi connectivity index (χ1v) is 9.29. The van der Waals surface area contributed by atoms with E-state index in [2.05, 4.69) is 5.32 Å². The van der Waals surface area contributed by atoms with Crippen molar-refractivity contribution in [3.63, 3.8) is 0 Å². The highest BCUT2D eigenvalue weighted by Gasteiger charge is 2.16. The summed E-state index contributed by atoms with van der Waals surface area (Å²) in [5.74, 6) is -0.482. The molecule has 0 aromatic heterocycles. The second-order valence-electron chi connectivity index (χ2n) is 5.11. The minimum Gasteiger partial charge on any atom is -0.356 e. The second kappa shape index (κ2) is 8.13. The fourth-order valence-electron chi connectivity index (χ4n) is 2.07. The van der Waals surface area contributed by atoms with E-state index in [0.29, 0.717) is 11.6 Å². The average molecular weight is 352 g/mol. The number of carbonyl (C=O) groups is 1. The zero-order valence-corrected chi connectivity index (χ0v) is 14.1. The van der Waals surface area contributed by atoms with Crippen molar-refractivity contribution in [2.75, 3.05) is 12.3 Å². The molecule has 0 unspecified atom stereocenters. The fourth-order valence-corrected chi connectivity index (χ4v) is 3.43. The molecule has 0 saturated carbocycles. The minimum atomic E-state index is -3.47. The fraction of sp³-hybridized carbons (Fsp3) is 0.235. The summed E-state index contributed by atoms with van der Waals surface area (Å²) in [6.07, 6.45) is 0.663. The highest BCUT2D eigenvalue weighted by atomic mass is 35.5. The van der Waals surface area contributed by atoms with E-state index in [0.717, 1.165) is 12.0 Å². The van der Waals surface area contributed by atoms with Crippen molar-refractivity contribution in [3.8, 4) is 0 Å². The van der Waals surface area contributed by atoms with Crippen LogP contribution in [-0.4, -0.2) is 26.6 Å². The van der Waals surface area contributed by atoms with Gasteiger partial charge in [0.15, 0.2) is 9.84 Å². The Kier molecular flexibility index (Phi) is 6.19. The van der Waals surface area contributed by atoms with Crippen LogP contribution in [0.4, 0.5) is 0 Å². The van der Waals surface area contributed by atoms with Crippen molar-refractivity contribution in [3.05, 3.63) is 65.2 Å². The summed E-state index contributed by atoms with van der Waals surface area (Å²) in [6, 6.07) is 15.7. The highest BCUT2D eigenvalue weighted by molar-refractivity contribution is 7.91. The molecule has 1 N–H and O–H groups in total. The van der Waals surface area contributed by atoms with Gasteiger partial charge in [-0.25, -0.2) is 8.42 Å². The van der Waals surface area contributed by atoms with Gasteiger partial charge in [-0.3, -0.25) is 4.79 Å². The molecule has 0 heterocycles. The molecule has 0 bridgehead atoms. The summed E-state index contributed by atoms with van der Waals surface area (Å²) in [5, 5.41) is 3.21. The van der Waals surface area contributed by atoms with E-state index in [-0.39, 0.29) is 23.0 Å². The summed E-state index contributed by atoms with van der Waals surface area (Å²) in [5.41, 5.74) is 1.13. The predicted octanol–water partition coefficient (Wildman–Crippen LogP) is 2.86. The number of nitrogens with one attached hydrogen (secondary N) is 1. The maximum atomic E-state index is 12.1. The van der Waals surface area contributed by atoms with E-state index < -0.39 is 9.84 Å². The largest absolute Gasteiger partial charge is 0.356 e. The molecule has 23 heavy (non-hydrogen) atoms. The molecule has 6 heteroatoms. The van der Waals surface area contributed by atoms with Crippen LogP contribution in [0, 0.1) is 0 Å². The van der Waals surface area contributed by atoms with Gasteiger partial charge in [0.2, 0.25) is 5.91 Å². The molecular weight excluding hydrogens is 334 g/mol. The minimum absolute atomic E-state index is 0.0558. The van der Waals surface area contributed by atoms with E-state index >= 15 is 0 Å². The van der Waals surface area contributed by atoms with Crippen molar-refractivity contribution >= 4 is 27.3 Å². The van der Waals surface area contributed by atoms with E-state index in [4.69, 9.17) is 11.6 Å². The predicted molar refractivity (Wildman–Crippen MR) is 91.3 cm³/mol. The number of benzene rings is 2. The van der Waals surface area contributed by atoms with Gasteiger partial charge in [0.25, 0.3) is 0 Å². The summed E-state index contributed by atoms with van der Waals surface area (Å²) in [4.78, 5) is 11.9. The van der Waals surface area contributed by atoms with Gasteiger partial charge in [-0.05, 0) is 36.2 Å². The number of amides is 1. The third-order valence-corrected chi connectivity index (χ3v) is 5.33. The van der Waals surface area contributed by atoms with Crippen LogP contribution in [0.25, 0.3) is 0 Å². The third kappa shape index (κ3) is 5.69. The number of hydrogen-bond donors (Lipinski definition) is 1. The molecular formula is C17H18ClNO3S. The number of sulfone groups is 1. The highest BCUT2D eigenvalue weighted by Crippen LogP contribution is 2.15. The Morgan fingerprint density at radius 2 is 1.65 bits per heavy atom. The molecule has 1 amide bonds. The normalized spacial score (nSPS) is 11.2. The van der Waals surface area contributed by atoms with E-state index in [1.807, 2.05) is 30.3 Å². The summed E-state index contributed by atoms with van der Waals surface area (Å²) in [7, 11) is -3.47. The summed E-state index contributed by atoms with van der Waals surface area (Å²) >= 11 is 5.74. The second-order valence-corrected chi connectivity index (χ2v) is 7.65. The SMILES string of the molecule is O=C(CCS(=O)(=O)c1ccc(Cl)cc1)NCCc1ccccc1. The van der Waals surface area contributed by atoms with Gasteiger partial charge in [0.1, 0.15) is 0 Å². The van der Waals surface area contributed by atoms with Crippen LogP contribution >= 0.6 is 11.6 Å². The molecule has 2 rings (SSSR count). The molecule has 122 valence electrons. The Morgan fingerprint density at radius 1 is 1.00 bits per heavy atom. The van der Waals surface area contributed by atoms with Gasteiger partial charge in [-0.1, -0.05) is 41.9 Å². The zero-order valence-electron chi connectivity index (χ0n) is 12.5. The Balaban J connectivity index is 1.78. The molecule has 2 aromatic rings. The van der Waals surface area contributed by atoms with Crippen LogP contribution in [0.2, 0.25) is 5.02 Å². The third-order valence-electron chi connectivity index (χ3n) is 3.35. The molecule has 0 aliphatic carbocycles. The lowest BCUT2D eigenvalue weighted by Gasteiger charge is -2.07. The van der Waals surface area contributed by atoms with Gasteiger partial charge >= 0.3 is 0 Å². The van der Waals surface area contributed by atoms with Crippen molar-refractivity contribution in [2.45, 2.75) is 17.7 Å². The standard InChI is InChI=1S/C17H18ClNO3S/c18-15-6-8-16(9-7-15)23(21,22)13-11-17(20)19-12-10-14-4-2-1-3-5-14/h1-9H,10-13H2,(H,19,20). The summed E-state index contributed by atoms with van der Waals surface area (Å²) in [6.45, 7) is 0.490. The van der Waals surface area contributed by atoms with Gasteiger partial charge in [-0.15, -0.1) is 0 Å². The maximum Gasteiger partial charge on any atom is 0.221 e. The molecule has 2 aromatic carbocycles. The van der Waals surface area contributed by atoms with Crippen LogP contribution in [0.3, 0.4) is 0 Å². The molecule has 0 spiro atoms. The van der Waals surface area contributed by atoms with E-state index in [1.165, 1.54) is 24.3 Å². The van der Waals surface area contributed by atoms with Crippen molar-refractivity contribution in [1.82, 2.24) is 5.32 Å². The van der Waals surface area contributed by atoms with Crippen molar-refractivity contribution in [1.29, 1.82) is 0 Å². The van der Waals surface area contributed by atoms with Gasteiger partial charge in [0.05, 0.1) is 10.6 Å². The smallest absolute Gasteiger partial charge is 0.221 e. The zero-order chi connectivity index (χ0) is 16.7. The number of halogens is 1. The number of rotatable bonds is 7.